The zero-order valence-electron chi connectivity index (χ0n) is 13.7. The molecule has 0 fully saturated rings. The average Bonchev–Trinajstić information content (AvgIpc) is 3.04. The number of nitrogens with one attached hydrogen (secondary N) is 1. The lowest BCUT2D eigenvalue weighted by molar-refractivity contribution is -0.0498. The van der Waals surface area contributed by atoms with E-state index in [0.29, 0.717) is 22.4 Å². The van der Waals surface area contributed by atoms with Crippen LogP contribution in [0.1, 0.15) is 15.9 Å². The first-order valence-corrected chi connectivity index (χ1v) is 8.50. The summed E-state index contributed by atoms with van der Waals surface area (Å²) in [7, 11) is 0. The van der Waals surface area contributed by atoms with Gasteiger partial charge in [-0.1, -0.05) is 29.3 Å². The molecule has 0 spiro atoms. The fourth-order valence-corrected chi connectivity index (χ4v) is 2.82. The van der Waals surface area contributed by atoms with E-state index in [-0.39, 0.29) is 11.3 Å². The molecule has 9 heteroatoms. The third-order valence-corrected chi connectivity index (χ3v) is 4.22. The molecule has 0 radical (unpaired) electrons. The van der Waals surface area contributed by atoms with E-state index < -0.39 is 12.5 Å². The summed E-state index contributed by atoms with van der Waals surface area (Å²) in [5.74, 6) is 0.0189. The van der Waals surface area contributed by atoms with E-state index in [1.165, 1.54) is 24.3 Å². The largest absolute Gasteiger partial charge is 0.435 e. The number of ether oxygens (including phenoxy) is 1. The van der Waals surface area contributed by atoms with Crippen LogP contribution in [0.25, 0.3) is 0 Å². The van der Waals surface area contributed by atoms with Crippen molar-refractivity contribution in [1.29, 1.82) is 0 Å². The first kappa shape index (κ1) is 19.1. The Morgan fingerprint density at radius 2 is 1.89 bits per heavy atom. The molecule has 0 saturated heterocycles. The molecule has 5 nitrogen and oxygen atoms in total. The summed E-state index contributed by atoms with van der Waals surface area (Å²) in [4.78, 5) is 12.4. The Hall–Kier alpha value is -2.64. The smallest absolute Gasteiger partial charge is 0.387 e. The van der Waals surface area contributed by atoms with Gasteiger partial charge in [-0.15, -0.1) is 0 Å². The van der Waals surface area contributed by atoms with Crippen molar-refractivity contribution in [3.8, 4) is 5.75 Å². The molecule has 0 aliphatic rings. The van der Waals surface area contributed by atoms with Gasteiger partial charge in [0.05, 0.1) is 12.7 Å². The lowest BCUT2D eigenvalue weighted by Gasteiger charge is -2.11. The molecule has 0 aliphatic carbocycles. The van der Waals surface area contributed by atoms with Crippen molar-refractivity contribution in [1.82, 2.24) is 9.78 Å². The molecule has 1 amide bonds. The van der Waals surface area contributed by atoms with Gasteiger partial charge in [0, 0.05) is 21.7 Å². The van der Waals surface area contributed by atoms with E-state index in [9.17, 15) is 13.6 Å². The van der Waals surface area contributed by atoms with E-state index >= 15 is 0 Å². The Bertz CT molecular complexity index is 946. The van der Waals surface area contributed by atoms with Gasteiger partial charge >= 0.3 is 6.61 Å². The van der Waals surface area contributed by atoms with Crippen LogP contribution in [0.4, 0.5) is 14.6 Å². The highest BCUT2D eigenvalue weighted by Crippen LogP contribution is 2.23. The quantitative estimate of drug-likeness (QED) is 0.614. The molecule has 1 heterocycles. The highest BCUT2D eigenvalue weighted by Gasteiger charge is 2.12. The standard InChI is InChI=1S/C18H13Cl2F2N3O2/c19-13-4-1-12(15(20)9-13)10-25-16(7-8-23-25)24-17(26)11-2-5-14(6-3-11)27-18(21)22/h1-9,18H,10H2,(H,24,26). The second kappa shape index (κ2) is 8.37. The topological polar surface area (TPSA) is 56.2 Å². The van der Waals surface area contributed by atoms with Gasteiger partial charge in [0.25, 0.3) is 5.91 Å². The number of benzene rings is 2. The maximum Gasteiger partial charge on any atom is 0.387 e. The SMILES string of the molecule is O=C(Nc1ccnn1Cc1ccc(Cl)cc1Cl)c1ccc(OC(F)F)cc1. The Labute approximate surface area is 163 Å². The van der Waals surface area contributed by atoms with E-state index in [1.807, 2.05) is 0 Å². The van der Waals surface area contributed by atoms with Crippen molar-refractivity contribution in [3.63, 3.8) is 0 Å². The molecular formula is C18H13Cl2F2N3O2. The van der Waals surface area contributed by atoms with Crippen LogP contribution < -0.4 is 10.1 Å². The number of amides is 1. The average molecular weight is 412 g/mol. The molecule has 0 saturated carbocycles. The van der Waals surface area contributed by atoms with Crippen LogP contribution >= 0.6 is 23.2 Å². The van der Waals surface area contributed by atoms with Gasteiger partial charge in [0.15, 0.2) is 0 Å². The number of halogens is 4. The normalized spacial score (nSPS) is 10.9. The number of aromatic nitrogens is 2. The summed E-state index contributed by atoms with van der Waals surface area (Å²) in [6, 6.07) is 12.1. The summed E-state index contributed by atoms with van der Waals surface area (Å²) < 4.78 is 30.2. The number of hydrogen-bond donors (Lipinski definition) is 1. The predicted octanol–water partition coefficient (Wildman–Crippen LogP) is 5.09. The molecule has 2 aromatic carbocycles. The Balaban J connectivity index is 1.71. The van der Waals surface area contributed by atoms with Crippen molar-refractivity contribution >= 4 is 34.9 Å². The van der Waals surface area contributed by atoms with Gasteiger partial charge in [0.1, 0.15) is 11.6 Å². The fraction of sp³-hybridized carbons (Fsp3) is 0.111. The second-order valence-corrected chi connectivity index (χ2v) is 6.31. The highest BCUT2D eigenvalue weighted by molar-refractivity contribution is 6.35. The fourth-order valence-electron chi connectivity index (χ4n) is 2.35. The molecule has 140 valence electrons. The minimum absolute atomic E-state index is 0.0241. The van der Waals surface area contributed by atoms with Crippen molar-refractivity contribution in [2.75, 3.05) is 5.32 Å². The van der Waals surface area contributed by atoms with Crippen LogP contribution in [0, 0.1) is 0 Å². The Morgan fingerprint density at radius 3 is 2.56 bits per heavy atom. The molecule has 27 heavy (non-hydrogen) atoms. The molecule has 3 rings (SSSR count). The molecule has 0 aliphatic heterocycles. The second-order valence-electron chi connectivity index (χ2n) is 5.47. The maximum atomic E-state index is 12.4. The van der Waals surface area contributed by atoms with Gasteiger partial charge < -0.3 is 10.1 Å². The van der Waals surface area contributed by atoms with E-state index in [0.717, 1.165) is 5.56 Å². The minimum atomic E-state index is -2.92. The summed E-state index contributed by atoms with van der Waals surface area (Å²) in [5, 5.41) is 7.91. The molecule has 0 unspecified atom stereocenters. The number of nitrogens with zero attached hydrogens (tertiary/aromatic N) is 2. The number of carbonyl (C=O) groups excluding carboxylic acids is 1. The first-order valence-electron chi connectivity index (χ1n) is 7.74. The van der Waals surface area contributed by atoms with Crippen molar-refractivity contribution in [2.24, 2.45) is 0 Å². The third-order valence-electron chi connectivity index (χ3n) is 3.64. The van der Waals surface area contributed by atoms with Crippen molar-refractivity contribution in [2.45, 2.75) is 13.2 Å². The summed E-state index contributed by atoms with van der Waals surface area (Å²) in [6.07, 6.45) is 1.54. The van der Waals surface area contributed by atoms with Crippen molar-refractivity contribution in [3.05, 3.63) is 75.9 Å². The third kappa shape index (κ3) is 4.96. The van der Waals surface area contributed by atoms with E-state index in [2.05, 4.69) is 15.2 Å². The molecule has 1 N–H and O–H groups in total. The van der Waals surface area contributed by atoms with Crippen LogP contribution in [0.2, 0.25) is 10.0 Å². The highest BCUT2D eigenvalue weighted by atomic mass is 35.5. The van der Waals surface area contributed by atoms with Crippen LogP contribution in [-0.2, 0) is 6.54 Å². The van der Waals surface area contributed by atoms with Crippen LogP contribution in [0.3, 0.4) is 0 Å². The first-order chi connectivity index (χ1) is 12.9. The maximum absolute atomic E-state index is 12.4. The molecule has 1 aromatic heterocycles. The molecule has 3 aromatic rings. The van der Waals surface area contributed by atoms with Crippen molar-refractivity contribution < 1.29 is 18.3 Å². The zero-order chi connectivity index (χ0) is 19.4. The van der Waals surface area contributed by atoms with Crippen LogP contribution in [0.15, 0.2) is 54.7 Å². The molecular weight excluding hydrogens is 399 g/mol. The van der Waals surface area contributed by atoms with Crippen LogP contribution in [0.5, 0.6) is 5.75 Å². The molecule has 0 atom stereocenters. The van der Waals surface area contributed by atoms with Crippen LogP contribution in [-0.4, -0.2) is 22.3 Å². The van der Waals surface area contributed by atoms with E-state index in [1.54, 1.807) is 35.1 Å². The molecule has 0 bridgehead atoms. The van der Waals surface area contributed by atoms with Gasteiger partial charge in [-0.2, -0.15) is 13.9 Å². The van der Waals surface area contributed by atoms with Gasteiger partial charge in [-0.25, -0.2) is 4.68 Å². The number of rotatable bonds is 6. The number of anilines is 1. The Morgan fingerprint density at radius 1 is 1.15 bits per heavy atom. The summed E-state index contributed by atoms with van der Waals surface area (Å²) >= 11 is 12.1. The van der Waals surface area contributed by atoms with Gasteiger partial charge in [-0.3, -0.25) is 4.79 Å². The lowest BCUT2D eigenvalue weighted by atomic mass is 10.2. The van der Waals surface area contributed by atoms with Gasteiger partial charge in [-0.05, 0) is 42.0 Å². The predicted molar refractivity (Wildman–Crippen MR) is 98.8 cm³/mol. The summed E-state index contributed by atoms with van der Waals surface area (Å²) in [6.45, 7) is -2.58. The number of carbonyl (C=O) groups is 1. The minimum Gasteiger partial charge on any atom is -0.435 e. The number of hydrogen-bond acceptors (Lipinski definition) is 3. The zero-order valence-corrected chi connectivity index (χ0v) is 15.2. The monoisotopic (exact) mass is 411 g/mol. The Kier molecular flexibility index (Phi) is 5.93. The van der Waals surface area contributed by atoms with Gasteiger partial charge in [0.2, 0.25) is 0 Å². The lowest BCUT2D eigenvalue weighted by Crippen LogP contribution is -2.16. The number of alkyl halides is 2. The van der Waals surface area contributed by atoms with E-state index in [4.69, 9.17) is 23.2 Å². The summed E-state index contributed by atoms with van der Waals surface area (Å²) in [5.41, 5.74) is 1.07.